The van der Waals surface area contributed by atoms with Gasteiger partial charge in [-0.1, -0.05) is 6.07 Å². The second-order valence-electron chi connectivity index (χ2n) is 3.84. The van der Waals surface area contributed by atoms with Crippen molar-refractivity contribution in [2.45, 2.75) is 6.92 Å². The number of amides is 2. The summed E-state index contributed by atoms with van der Waals surface area (Å²) in [5.74, 6) is -0.0103. The van der Waals surface area contributed by atoms with Gasteiger partial charge >= 0.3 is 0 Å². The second-order valence-corrected chi connectivity index (χ2v) is 4.79. The molecule has 1 heterocycles. The first-order valence-corrected chi connectivity index (χ1v) is 6.95. The highest BCUT2D eigenvalue weighted by Gasteiger charge is 2.09. The van der Waals surface area contributed by atoms with Gasteiger partial charge in [0.05, 0.1) is 11.5 Å². The summed E-state index contributed by atoms with van der Waals surface area (Å²) in [5.41, 5.74) is 5.17. The standard InChI is InChI=1S/C14H14N2O3S/c1-2-19-11-7-5-10(6-8-11)13(17)15-16-14(18)12-4-3-9-20-12/h3-9H,2H2,1H3,(H,15,17)(H,16,18). The zero-order valence-electron chi connectivity index (χ0n) is 10.9. The molecule has 0 aliphatic rings. The van der Waals surface area contributed by atoms with E-state index in [1.165, 1.54) is 11.3 Å². The molecule has 0 spiro atoms. The van der Waals surface area contributed by atoms with Gasteiger partial charge in [0.1, 0.15) is 5.75 Å². The number of hydrogen-bond acceptors (Lipinski definition) is 4. The number of hydrogen-bond donors (Lipinski definition) is 2. The van der Waals surface area contributed by atoms with E-state index < -0.39 is 0 Å². The number of rotatable bonds is 4. The van der Waals surface area contributed by atoms with Crippen LogP contribution >= 0.6 is 11.3 Å². The largest absolute Gasteiger partial charge is 0.494 e. The molecule has 1 aromatic heterocycles. The molecule has 0 radical (unpaired) electrons. The molecule has 2 amide bonds. The van der Waals surface area contributed by atoms with Crippen LogP contribution in [0.1, 0.15) is 27.0 Å². The van der Waals surface area contributed by atoms with E-state index in [2.05, 4.69) is 10.9 Å². The van der Waals surface area contributed by atoms with Crippen LogP contribution in [0.4, 0.5) is 0 Å². The second kappa shape index (κ2) is 6.72. The van der Waals surface area contributed by atoms with E-state index in [0.717, 1.165) is 0 Å². The van der Waals surface area contributed by atoms with E-state index in [1.54, 1.807) is 41.8 Å². The number of thiophene rings is 1. The fourth-order valence-corrected chi connectivity index (χ4v) is 2.14. The van der Waals surface area contributed by atoms with Crippen molar-refractivity contribution < 1.29 is 14.3 Å². The first-order chi connectivity index (χ1) is 9.70. The minimum atomic E-state index is -0.377. The highest BCUT2D eigenvalue weighted by Crippen LogP contribution is 2.12. The molecule has 2 N–H and O–H groups in total. The van der Waals surface area contributed by atoms with Crippen molar-refractivity contribution in [1.82, 2.24) is 10.9 Å². The summed E-state index contributed by atoms with van der Waals surface area (Å²) in [6.07, 6.45) is 0. The molecule has 0 bridgehead atoms. The molecule has 0 aliphatic carbocycles. The number of hydrazine groups is 1. The number of benzene rings is 1. The average Bonchev–Trinajstić information content (AvgIpc) is 3.00. The monoisotopic (exact) mass is 290 g/mol. The van der Waals surface area contributed by atoms with E-state index >= 15 is 0 Å². The molecule has 104 valence electrons. The summed E-state index contributed by atoms with van der Waals surface area (Å²) in [6.45, 7) is 2.46. The lowest BCUT2D eigenvalue weighted by Crippen LogP contribution is -2.41. The van der Waals surface area contributed by atoms with E-state index in [-0.39, 0.29) is 11.8 Å². The molecule has 6 heteroatoms. The van der Waals surface area contributed by atoms with Crippen molar-refractivity contribution in [3.63, 3.8) is 0 Å². The molecular formula is C14H14N2O3S. The van der Waals surface area contributed by atoms with E-state index in [4.69, 9.17) is 4.74 Å². The van der Waals surface area contributed by atoms with Crippen LogP contribution in [0.2, 0.25) is 0 Å². The summed E-state index contributed by atoms with van der Waals surface area (Å²) < 4.78 is 5.29. The maximum absolute atomic E-state index is 11.8. The maximum atomic E-state index is 11.8. The van der Waals surface area contributed by atoms with Crippen LogP contribution in [0.15, 0.2) is 41.8 Å². The summed E-state index contributed by atoms with van der Waals surface area (Å²) in [5, 5.41) is 1.79. The molecule has 0 saturated heterocycles. The van der Waals surface area contributed by atoms with Gasteiger partial charge in [0, 0.05) is 5.56 Å². The van der Waals surface area contributed by atoms with Crippen molar-refractivity contribution in [3.8, 4) is 5.75 Å². The van der Waals surface area contributed by atoms with Gasteiger partial charge < -0.3 is 4.74 Å². The number of carbonyl (C=O) groups excluding carboxylic acids is 2. The number of ether oxygens (including phenoxy) is 1. The zero-order valence-corrected chi connectivity index (χ0v) is 11.7. The molecule has 2 aromatic rings. The summed E-state index contributed by atoms with van der Waals surface area (Å²) in [7, 11) is 0. The van der Waals surface area contributed by atoms with Gasteiger partial charge in [-0.2, -0.15) is 0 Å². The molecule has 0 aliphatic heterocycles. The smallest absolute Gasteiger partial charge is 0.279 e. The van der Waals surface area contributed by atoms with Crippen LogP contribution in [0.3, 0.4) is 0 Å². The lowest BCUT2D eigenvalue weighted by atomic mass is 10.2. The average molecular weight is 290 g/mol. The topological polar surface area (TPSA) is 67.4 Å². The third kappa shape index (κ3) is 3.58. The quantitative estimate of drug-likeness (QED) is 0.848. The van der Waals surface area contributed by atoms with E-state index in [1.807, 2.05) is 6.92 Å². The Labute approximate surface area is 120 Å². The van der Waals surface area contributed by atoms with Crippen LogP contribution in [0.25, 0.3) is 0 Å². The number of carbonyl (C=O) groups is 2. The van der Waals surface area contributed by atoms with Gasteiger partial charge in [0.15, 0.2) is 0 Å². The van der Waals surface area contributed by atoms with Crippen LogP contribution in [-0.2, 0) is 0 Å². The summed E-state index contributed by atoms with van der Waals surface area (Å²) in [6, 6.07) is 10.1. The molecule has 2 rings (SSSR count). The molecule has 0 atom stereocenters. The molecule has 1 aromatic carbocycles. The van der Waals surface area contributed by atoms with Gasteiger partial charge in [-0.3, -0.25) is 20.4 Å². The van der Waals surface area contributed by atoms with Gasteiger partial charge in [-0.25, -0.2) is 0 Å². The molecular weight excluding hydrogens is 276 g/mol. The summed E-state index contributed by atoms with van der Waals surface area (Å²) >= 11 is 1.31. The van der Waals surface area contributed by atoms with Gasteiger partial charge in [0.25, 0.3) is 11.8 Å². The minimum Gasteiger partial charge on any atom is -0.494 e. The highest BCUT2D eigenvalue weighted by molar-refractivity contribution is 7.12. The Bertz CT molecular complexity index is 579. The molecule has 0 fully saturated rings. The van der Waals surface area contributed by atoms with Crippen molar-refractivity contribution in [1.29, 1.82) is 0 Å². The van der Waals surface area contributed by atoms with Crippen molar-refractivity contribution in [2.75, 3.05) is 6.61 Å². The lowest BCUT2D eigenvalue weighted by Gasteiger charge is -2.07. The van der Waals surface area contributed by atoms with Crippen LogP contribution in [0.5, 0.6) is 5.75 Å². The van der Waals surface area contributed by atoms with E-state index in [9.17, 15) is 9.59 Å². The van der Waals surface area contributed by atoms with Crippen LogP contribution in [-0.4, -0.2) is 18.4 Å². The Balaban J connectivity index is 1.90. The lowest BCUT2D eigenvalue weighted by molar-refractivity contribution is 0.0849. The minimum absolute atomic E-state index is 0.334. The van der Waals surface area contributed by atoms with Crippen LogP contribution in [0, 0.1) is 0 Å². The third-order valence-electron chi connectivity index (χ3n) is 2.46. The Morgan fingerprint density at radius 3 is 2.40 bits per heavy atom. The van der Waals surface area contributed by atoms with Crippen LogP contribution < -0.4 is 15.6 Å². The predicted octanol–water partition coefficient (Wildman–Crippen LogP) is 2.22. The van der Waals surface area contributed by atoms with Crippen molar-refractivity contribution in [3.05, 3.63) is 52.2 Å². The molecule has 0 unspecified atom stereocenters. The first kappa shape index (κ1) is 14.1. The Morgan fingerprint density at radius 2 is 1.80 bits per heavy atom. The number of nitrogens with one attached hydrogen (secondary N) is 2. The fourth-order valence-electron chi connectivity index (χ4n) is 1.52. The molecule has 5 nitrogen and oxygen atoms in total. The third-order valence-corrected chi connectivity index (χ3v) is 3.33. The van der Waals surface area contributed by atoms with Gasteiger partial charge in [0.2, 0.25) is 0 Å². The van der Waals surface area contributed by atoms with Crippen molar-refractivity contribution in [2.24, 2.45) is 0 Å². The first-order valence-electron chi connectivity index (χ1n) is 6.07. The van der Waals surface area contributed by atoms with Crippen molar-refractivity contribution >= 4 is 23.2 Å². The Kier molecular flexibility index (Phi) is 4.73. The predicted molar refractivity (Wildman–Crippen MR) is 76.9 cm³/mol. The highest BCUT2D eigenvalue weighted by atomic mass is 32.1. The van der Waals surface area contributed by atoms with E-state index in [0.29, 0.717) is 22.8 Å². The van der Waals surface area contributed by atoms with Gasteiger partial charge in [-0.05, 0) is 42.6 Å². The van der Waals surface area contributed by atoms with Gasteiger partial charge in [-0.15, -0.1) is 11.3 Å². The normalized spacial score (nSPS) is 9.85. The molecule has 20 heavy (non-hydrogen) atoms. The maximum Gasteiger partial charge on any atom is 0.279 e. The Hall–Kier alpha value is -2.34. The zero-order chi connectivity index (χ0) is 14.4. The summed E-state index contributed by atoms with van der Waals surface area (Å²) in [4.78, 5) is 24.0. The molecule has 0 saturated carbocycles. The fraction of sp³-hybridized carbons (Fsp3) is 0.143. The SMILES string of the molecule is CCOc1ccc(C(=O)NNC(=O)c2cccs2)cc1. The Morgan fingerprint density at radius 1 is 1.10 bits per heavy atom.